The van der Waals surface area contributed by atoms with Gasteiger partial charge < -0.3 is 10.2 Å². The fourth-order valence-corrected chi connectivity index (χ4v) is 2.94. The van der Waals surface area contributed by atoms with Gasteiger partial charge in [0.15, 0.2) is 5.82 Å². The molecule has 1 aliphatic rings. The van der Waals surface area contributed by atoms with Crippen LogP contribution in [0.2, 0.25) is 0 Å². The smallest absolute Gasteiger partial charge is 0.251 e. The predicted octanol–water partition coefficient (Wildman–Crippen LogP) is 1.10. The van der Waals surface area contributed by atoms with Crippen molar-refractivity contribution in [2.45, 2.75) is 32.7 Å². The van der Waals surface area contributed by atoms with Crippen LogP contribution in [0.4, 0.5) is 0 Å². The number of carbonyl (C=O) groups is 2. The summed E-state index contributed by atoms with van der Waals surface area (Å²) in [6.45, 7) is 4.18. The quantitative estimate of drug-likeness (QED) is 0.878. The zero-order valence-corrected chi connectivity index (χ0v) is 14.3. The summed E-state index contributed by atoms with van der Waals surface area (Å²) in [5, 5.41) is 14.3. The molecule has 1 aromatic heterocycles. The Hall–Kier alpha value is -2.77. The summed E-state index contributed by atoms with van der Waals surface area (Å²) >= 11 is 0. The number of rotatable bonds is 5. The predicted molar refractivity (Wildman–Crippen MR) is 91.7 cm³/mol. The van der Waals surface area contributed by atoms with Crippen LogP contribution >= 0.6 is 0 Å². The fraction of sp³-hybridized carbons (Fsp3) is 0.471. The van der Waals surface area contributed by atoms with Gasteiger partial charge in [0.1, 0.15) is 0 Å². The number of hydrogen-bond donors (Lipinski definition) is 1. The van der Waals surface area contributed by atoms with E-state index in [0.29, 0.717) is 17.9 Å². The number of nitrogens with zero attached hydrogens (tertiary/aromatic N) is 5. The van der Waals surface area contributed by atoms with Gasteiger partial charge in [-0.25, -0.2) is 4.68 Å². The number of aromatic nitrogens is 4. The summed E-state index contributed by atoms with van der Waals surface area (Å²) in [6, 6.07) is 7.09. The van der Waals surface area contributed by atoms with Crippen molar-refractivity contribution in [3.05, 3.63) is 29.8 Å². The summed E-state index contributed by atoms with van der Waals surface area (Å²) in [4.78, 5) is 26.3. The highest BCUT2D eigenvalue weighted by Gasteiger charge is 2.17. The first-order valence-electron chi connectivity index (χ1n) is 8.61. The first-order valence-corrected chi connectivity index (χ1v) is 8.61. The molecular formula is C17H22N6O2. The van der Waals surface area contributed by atoms with E-state index in [4.69, 9.17) is 0 Å². The van der Waals surface area contributed by atoms with E-state index >= 15 is 0 Å². The molecule has 1 saturated heterocycles. The Kier molecular flexibility index (Phi) is 5.37. The summed E-state index contributed by atoms with van der Waals surface area (Å²) < 4.78 is 1.66. The number of carbonyl (C=O) groups excluding carboxylic acids is 2. The molecular weight excluding hydrogens is 320 g/mol. The minimum atomic E-state index is -0.275. The second kappa shape index (κ2) is 7.87. The Morgan fingerprint density at radius 3 is 2.76 bits per heavy atom. The van der Waals surface area contributed by atoms with E-state index in [0.717, 1.165) is 31.5 Å². The van der Waals surface area contributed by atoms with Crippen molar-refractivity contribution in [3.8, 4) is 11.4 Å². The highest BCUT2D eigenvalue weighted by Crippen LogP contribution is 2.17. The standard InChI is InChI=1S/C17H22N6O2/c1-2-23-16(19-20-21-23)13-7-6-8-14(11-13)17(25)18-12-15(24)22-9-4-3-5-10-22/h6-8,11H,2-5,9-10,12H2,1H3,(H,18,25). The van der Waals surface area contributed by atoms with Gasteiger partial charge in [-0.2, -0.15) is 0 Å². The number of nitrogens with one attached hydrogen (secondary N) is 1. The molecule has 0 bridgehead atoms. The molecule has 1 N–H and O–H groups in total. The number of benzene rings is 1. The molecule has 8 nitrogen and oxygen atoms in total. The molecule has 2 aromatic rings. The largest absolute Gasteiger partial charge is 0.343 e. The van der Waals surface area contributed by atoms with Gasteiger partial charge in [0, 0.05) is 30.8 Å². The summed E-state index contributed by atoms with van der Waals surface area (Å²) in [6.07, 6.45) is 3.24. The lowest BCUT2D eigenvalue weighted by atomic mass is 10.1. The van der Waals surface area contributed by atoms with Crippen LogP contribution < -0.4 is 5.32 Å². The minimum Gasteiger partial charge on any atom is -0.343 e. The Bertz CT molecular complexity index is 751. The van der Waals surface area contributed by atoms with Gasteiger partial charge in [-0.1, -0.05) is 12.1 Å². The van der Waals surface area contributed by atoms with Crippen LogP contribution in [0.5, 0.6) is 0 Å². The molecule has 1 fully saturated rings. The van der Waals surface area contributed by atoms with Crippen molar-refractivity contribution in [1.82, 2.24) is 30.4 Å². The number of piperidine rings is 1. The van der Waals surface area contributed by atoms with Gasteiger partial charge in [0.25, 0.3) is 5.91 Å². The van der Waals surface area contributed by atoms with Gasteiger partial charge in [0.2, 0.25) is 5.91 Å². The lowest BCUT2D eigenvalue weighted by Crippen LogP contribution is -2.42. The molecule has 0 saturated carbocycles. The topological polar surface area (TPSA) is 93.0 Å². The van der Waals surface area contributed by atoms with Crippen molar-refractivity contribution < 1.29 is 9.59 Å². The maximum absolute atomic E-state index is 12.4. The molecule has 3 rings (SSSR count). The van der Waals surface area contributed by atoms with Crippen LogP contribution in [0.3, 0.4) is 0 Å². The van der Waals surface area contributed by atoms with Crippen LogP contribution in [0, 0.1) is 0 Å². The van der Waals surface area contributed by atoms with Crippen LogP contribution in [-0.4, -0.2) is 56.6 Å². The average molecular weight is 342 g/mol. The van der Waals surface area contributed by atoms with Crippen LogP contribution in [-0.2, 0) is 11.3 Å². The van der Waals surface area contributed by atoms with E-state index in [1.54, 1.807) is 22.9 Å². The van der Waals surface area contributed by atoms with Crippen molar-refractivity contribution in [1.29, 1.82) is 0 Å². The SMILES string of the molecule is CCn1nnnc1-c1cccc(C(=O)NCC(=O)N2CCCCC2)c1. The van der Waals surface area contributed by atoms with Gasteiger partial charge >= 0.3 is 0 Å². The average Bonchev–Trinajstić information content (AvgIpc) is 3.15. The second-order valence-electron chi connectivity index (χ2n) is 6.02. The molecule has 2 heterocycles. The lowest BCUT2D eigenvalue weighted by Gasteiger charge is -2.26. The first-order chi connectivity index (χ1) is 12.2. The van der Waals surface area contributed by atoms with Crippen molar-refractivity contribution >= 4 is 11.8 Å². The van der Waals surface area contributed by atoms with E-state index in [2.05, 4.69) is 20.8 Å². The normalized spacial score (nSPS) is 14.4. The molecule has 25 heavy (non-hydrogen) atoms. The number of tetrazole rings is 1. The third-order valence-electron chi connectivity index (χ3n) is 4.32. The van der Waals surface area contributed by atoms with Crippen LogP contribution in [0.25, 0.3) is 11.4 Å². The zero-order valence-electron chi connectivity index (χ0n) is 14.3. The van der Waals surface area contributed by atoms with Crippen molar-refractivity contribution in [2.24, 2.45) is 0 Å². The van der Waals surface area contributed by atoms with E-state index < -0.39 is 0 Å². The molecule has 0 atom stereocenters. The van der Waals surface area contributed by atoms with E-state index in [1.165, 1.54) is 6.42 Å². The highest BCUT2D eigenvalue weighted by molar-refractivity contribution is 5.97. The molecule has 0 aliphatic carbocycles. The number of amides is 2. The number of aryl methyl sites for hydroxylation is 1. The van der Waals surface area contributed by atoms with Gasteiger partial charge in [-0.15, -0.1) is 5.10 Å². The maximum atomic E-state index is 12.4. The molecule has 1 aliphatic heterocycles. The third kappa shape index (κ3) is 4.01. The van der Waals surface area contributed by atoms with Crippen molar-refractivity contribution in [2.75, 3.05) is 19.6 Å². The maximum Gasteiger partial charge on any atom is 0.251 e. The zero-order chi connectivity index (χ0) is 17.6. The number of hydrogen-bond acceptors (Lipinski definition) is 5. The first kappa shape index (κ1) is 17.1. The van der Waals surface area contributed by atoms with E-state index in [9.17, 15) is 9.59 Å². The summed E-state index contributed by atoms with van der Waals surface area (Å²) in [5.74, 6) is 0.309. The van der Waals surface area contributed by atoms with Crippen LogP contribution in [0.15, 0.2) is 24.3 Å². The Morgan fingerprint density at radius 1 is 1.20 bits per heavy atom. The fourth-order valence-electron chi connectivity index (χ4n) is 2.94. The Labute approximate surface area is 146 Å². The minimum absolute atomic E-state index is 0.0236. The molecule has 8 heteroatoms. The summed E-state index contributed by atoms with van der Waals surface area (Å²) in [5.41, 5.74) is 1.25. The van der Waals surface area contributed by atoms with E-state index in [-0.39, 0.29) is 18.4 Å². The molecule has 2 amide bonds. The second-order valence-corrected chi connectivity index (χ2v) is 6.02. The molecule has 1 aromatic carbocycles. The lowest BCUT2D eigenvalue weighted by molar-refractivity contribution is -0.130. The molecule has 132 valence electrons. The van der Waals surface area contributed by atoms with Crippen LogP contribution in [0.1, 0.15) is 36.5 Å². The molecule has 0 unspecified atom stereocenters. The van der Waals surface area contributed by atoms with Gasteiger partial charge in [-0.05, 0) is 48.7 Å². The number of likely N-dealkylation sites (tertiary alicyclic amines) is 1. The highest BCUT2D eigenvalue weighted by atomic mass is 16.2. The summed E-state index contributed by atoms with van der Waals surface area (Å²) in [7, 11) is 0. The molecule has 0 radical (unpaired) electrons. The third-order valence-corrected chi connectivity index (χ3v) is 4.32. The van der Waals surface area contributed by atoms with Gasteiger partial charge in [-0.3, -0.25) is 9.59 Å². The monoisotopic (exact) mass is 342 g/mol. The molecule has 0 spiro atoms. The Balaban J connectivity index is 1.64. The Morgan fingerprint density at radius 2 is 2.00 bits per heavy atom. The van der Waals surface area contributed by atoms with Crippen molar-refractivity contribution in [3.63, 3.8) is 0 Å². The van der Waals surface area contributed by atoms with E-state index in [1.807, 2.05) is 17.9 Å². The van der Waals surface area contributed by atoms with Gasteiger partial charge in [0.05, 0.1) is 6.54 Å².